The molecule has 8 nitrogen and oxygen atoms in total. The Hall–Kier alpha value is -1.39. The van der Waals surface area contributed by atoms with Crippen molar-refractivity contribution >= 4 is 35.8 Å². The van der Waals surface area contributed by atoms with E-state index in [1.807, 2.05) is 4.90 Å². The molecule has 3 heterocycles. The average Bonchev–Trinajstić information content (AvgIpc) is 2.87. The van der Waals surface area contributed by atoms with Crippen LogP contribution in [0.5, 0.6) is 0 Å². The van der Waals surface area contributed by atoms with Crippen LogP contribution in [0.1, 0.15) is 44.8 Å². The maximum absolute atomic E-state index is 11.5. The van der Waals surface area contributed by atoms with Crippen LogP contribution in [0.25, 0.3) is 0 Å². The molecular weight excluding hydrogens is 457 g/mol. The number of fused-ring (bicyclic) bond motifs is 1. The van der Waals surface area contributed by atoms with Crippen LogP contribution in [-0.2, 0) is 24.2 Å². The molecule has 27 heavy (non-hydrogen) atoms. The molecule has 1 fully saturated rings. The molecule has 0 radical (unpaired) electrons. The number of rotatable bonds is 4. The maximum atomic E-state index is 11.5. The van der Waals surface area contributed by atoms with Gasteiger partial charge >= 0.3 is 0 Å². The van der Waals surface area contributed by atoms with Crippen LogP contribution in [0.3, 0.4) is 0 Å². The van der Waals surface area contributed by atoms with Gasteiger partial charge in [0.15, 0.2) is 5.96 Å². The average molecular weight is 489 g/mol. The zero-order chi connectivity index (χ0) is 18.4. The largest absolute Gasteiger partial charge is 0.357 e. The van der Waals surface area contributed by atoms with Crippen molar-refractivity contribution in [2.24, 2.45) is 4.99 Å². The topological polar surface area (TPSA) is 78.7 Å². The monoisotopic (exact) mass is 489 g/mol. The van der Waals surface area contributed by atoms with Gasteiger partial charge in [-0.05, 0) is 19.8 Å². The van der Waals surface area contributed by atoms with E-state index in [1.54, 1.807) is 6.92 Å². The number of piperazine rings is 1. The molecule has 0 spiro atoms. The highest BCUT2D eigenvalue weighted by atomic mass is 127. The van der Waals surface area contributed by atoms with Crippen LogP contribution in [0.4, 0.5) is 0 Å². The van der Waals surface area contributed by atoms with Gasteiger partial charge in [0.25, 0.3) is 0 Å². The quantitative estimate of drug-likeness (QED) is 0.392. The van der Waals surface area contributed by atoms with E-state index < -0.39 is 0 Å². The number of guanidine groups is 1. The number of nitrogens with zero attached hydrogens (tertiary/aromatic N) is 6. The number of hydrogen-bond donors (Lipinski definition) is 1. The van der Waals surface area contributed by atoms with Gasteiger partial charge in [-0.25, -0.2) is 0 Å². The molecule has 1 N–H and O–H groups in total. The van der Waals surface area contributed by atoms with Crippen LogP contribution < -0.4 is 5.32 Å². The second kappa shape index (κ2) is 10.8. The summed E-state index contributed by atoms with van der Waals surface area (Å²) in [6.07, 6.45) is 5.56. The van der Waals surface area contributed by atoms with Crippen molar-refractivity contribution < 1.29 is 4.79 Å². The number of aryl methyl sites for hydroxylation is 1. The highest BCUT2D eigenvalue weighted by Crippen LogP contribution is 2.14. The zero-order valence-electron chi connectivity index (χ0n) is 16.5. The summed E-state index contributed by atoms with van der Waals surface area (Å²) in [6, 6.07) is 0. The Morgan fingerprint density at radius 1 is 1.07 bits per heavy atom. The minimum absolute atomic E-state index is 0. The summed E-state index contributed by atoms with van der Waals surface area (Å²) in [5.41, 5.74) is 0. The molecule has 0 unspecified atom stereocenters. The van der Waals surface area contributed by atoms with E-state index in [9.17, 15) is 4.79 Å². The third-order valence-corrected chi connectivity index (χ3v) is 5.14. The van der Waals surface area contributed by atoms with Crippen molar-refractivity contribution in [1.29, 1.82) is 0 Å². The molecule has 0 bridgehead atoms. The Morgan fingerprint density at radius 3 is 2.52 bits per heavy atom. The fraction of sp³-hybridized carbons (Fsp3) is 0.778. The fourth-order valence-electron chi connectivity index (χ4n) is 3.65. The van der Waals surface area contributed by atoms with E-state index in [0.717, 1.165) is 69.7 Å². The number of amides is 1. The molecule has 0 atom stereocenters. The summed E-state index contributed by atoms with van der Waals surface area (Å²) in [5, 5.41) is 12.1. The molecule has 9 heteroatoms. The van der Waals surface area contributed by atoms with Gasteiger partial charge in [0, 0.05) is 65.6 Å². The second-order valence-corrected chi connectivity index (χ2v) is 6.97. The predicted molar refractivity (Wildman–Crippen MR) is 117 cm³/mol. The number of carbonyl (C=O) groups is 1. The molecular formula is C18H32IN7O. The van der Waals surface area contributed by atoms with E-state index in [1.165, 1.54) is 19.3 Å². The lowest BCUT2D eigenvalue weighted by Crippen LogP contribution is -2.53. The first-order valence-electron chi connectivity index (χ1n) is 9.88. The second-order valence-electron chi connectivity index (χ2n) is 6.97. The van der Waals surface area contributed by atoms with Crippen molar-refractivity contribution in [2.45, 2.75) is 52.5 Å². The first kappa shape index (κ1) is 21.9. The van der Waals surface area contributed by atoms with Gasteiger partial charge in [-0.1, -0.05) is 6.42 Å². The van der Waals surface area contributed by atoms with E-state index in [-0.39, 0.29) is 29.9 Å². The van der Waals surface area contributed by atoms with Crippen LogP contribution in [-0.4, -0.2) is 75.7 Å². The number of aliphatic imine (C=N–C) groups is 1. The summed E-state index contributed by atoms with van der Waals surface area (Å²) in [5.74, 6) is 3.28. The lowest BCUT2D eigenvalue weighted by atomic mass is 10.2. The van der Waals surface area contributed by atoms with Crippen molar-refractivity contribution in [1.82, 2.24) is 29.9 Å². The van der Waals surface area contributed by atoms with Crippen molar-refractivity contribution in [3.05, 3.63) is 11.6 Å². The number of nitrogens with one attached hydrogen (secondary N) is 1. The third-order valence-electron chi connectivity index (χ3n) is 5.14. The van der Waals surface area contributed by atoms with Crippen molar-refractivity contribution in [2.75, 3.05) is 39.3 Å². The minimum Gasteiger partial charge on any atom is -0.357 e. The highest BCUT2D eigenvalue weighted by Gasteiger charge is 2.21. The lowest BCUT2D eigenvalue weighted by Gasteiger charge is -2.36. The van der Waals surface area contributed by atoms with Gasteiger partial charge in [0.2, 0.25) is 5.91 Å². The van der Waals surface area contributed by atoms with E-state index in [0.29, 0.717) is 6.54 Å². The van der Waals surface area contributed by atoms with Gasteiger partial charge < -0.3 is 19.7 Å². The standard InChI is InChI=1S/C18H31N7O.HI/c1-3-19-18(24-13-11-23(12-14-24)15(2)26)20-9-8-17-22-21-16-7-5-4-6-10-25(16)17;/h3-14H2,1-2H3,(H,19,20);1H. The van der Waals surface area contributed by atoms with Gasteiger partial charge in [0.1, 0.15) is 11.6 Å². The van der Waals surface area contributed by atoms with Crippen molar-refractivity contribution in [3.8, 4) is 0 Å². The Bertz CT molecular complexity index is 638. The minimum atomic E-state index is 0. The van der Waals surface area contributed by atoms with Crippen molar-refractivity contribution in [3.63, 3.8) is 0 Å². The van der Waals surface area contributed by atoms with Crippen LogP contribution in [0.2, 0.25) is 0 Å². The van der Waals surface area contributed by atoms with E-state index in [2.05, 4.69) is 31.9 Å². The number of hydrogen-bond acceptors (Lipinski definition) is 4. The summed E-state index contributed by atoms with van der Waals surface area (Å²) in [7, 11) is 0. The first-order chi connectivity index (χ1) is 12.7. The van der Waals surface area contributed by atoms with E-state index >= 15 is 0 Å². The molecule has 1 amide bonds. The highest BCUT2D eigenvalue weighted by molar-refractivity contribution is 14.0. The van der Waals surface area contributed by atoms with Gasteiger partial charge in [-0.3, -0.25) is 9.79 Å². The summed E-state index contributed by atoms with van der Waals surface area (Å²) >= 11 is 0. The Kier molecular flexibility index (Phi) is 8.78. The van der Waals surface area contributed by atoms with Gasteiger partial charge in [0.05, 0.1) is 0 Å². The molecule has 2 aliphatic rings. The Morgan fingerprint density at radius 2 is 1.81 bits per heavy atom. The number of halogens is 1. The normalized spacial score (nSPS) is 17.8. The molecule has 3 rings (SSSR count). The first-order valence-corrected chi connectivity index (χ1v) is 9.88. The smallest absolute Gasteiger partial charge is 0.219 e. The van der Waals surface area contributed by atoms with Gasteiger partial charge in [-0.2, -0.15) is 0 Å². The SMILES string of the molecule is CCNC(=NCCc1nnc2n1CCCCC2)N1CCN(C(C)=O)CC1.I. The molecule has 0 aliphatic carbocycles. The summed E-state index contributed by atoms with van der Waals surface area (Å²) < 4.78 is 2.29. The zero-order valence-corrected chi connectivity index (χ0v) is 18.8. The Balaban J connectivity index is 0.00000261. The summed E-state index contributed by atoms with van der Waals surface area (Å²) in [4.78, 5) is 20.4. The third kappa shape index (κ3) is 5.79. The van der Waals surface area contributed by atoms with Gasteiger partial charge in [-0.15, -0.1) is 34.2 Å². The number of carbonyl (C=O) groups excluding carboxylic acids is 1. The molecule has 0 aromatic carbocycles. The molecule has 0 saturated carbocycles. The van der Waals surface area contributed by atoms with Crippen LogP contribution >= 0.6 is 24.0 Å². The Labute approximate surface area is 178 Å². The van der Waals surface area contributed by atoms with E-state index in [4.69, 9.17) is 4.99 Å². The molecule has 1 aromatic heterocycles. The van der Waals surface area contributed by atoms with Crippen LogP contribution in [0, 0.1) is 0 Å². The lowest BCUT2D eigenvalue weighted by molar-refractivity contribution is -0.130. The molecule has 2 aliphatic heterocycles. The summed E-state index contributed by atoms with van der Waals surface area (Å²) in [6.45, 7) is 9.47. The van der Waals surface area contributed by atoms with Crippen LogP contribution in [0.15, 0.2) is 4.99 Å². The molecule has 1 aromatic rings. The molecule has 1 saturated heterocycles. The predicted octanol–water partition coefficient (Wildman–Crippen LogP) is 1.29. The molecule has 152 valence electrons. The fourth-order valence-corrected chi connectivity index (χ4v) is 3.65. The number of aromatic nitrogens is 3. The maximum Gasteiger partial charge on any atom is 0.219 e.